The summed E-state index contributed by atoms with van der Waals surface area (Å²) >= 11 is 0. The number of non-ortho nitro benzene ring substituents is 1. The molecule has 0 atom stereocenters. The molecule has 0 fully saturated rings. The normalized spacial score (nSPS) is 10.4. The standard InChI is InChI=1S/C20H17N3O6/c1-2-28-20(25)19-17(29-13-14-8-10-16(11-9-14)23(26)27)12-18(24)22(21-19)15-6-4-3-5-7-15/h3-12H,2,13H2,1H3. The van der Waals surface area contributed by atoms with Crippen LogP contribution in [0.1, 0.15) is 23.0 Å². The lowest BCUT2D eigenvalue weighted by atomic mass is 10.2. The average molecular weight is 395 g/mol. The number of nitrogens with zero attached hydrogens (tertiary/aromatic N) is 3. The number of rotatable bonds is 7. The molecular formula is C20H17N3O6. The minimum atomic E-state index is -0.726. The van der Waals surface area contributed by atoms with Gasteiger partial charge in [0.2, 0.25) is 5.69 Å². The molecule has 9 heteroatoms. The third kappa shape index (κ3) is 4.64. The lowest BCUT2D eigenvalue weighted by Crippen LogP contribution is -2.25. The summed E-state index contributed by atoms with van der Waals surface area (Å²) in [7, 11) is 0. The predicted molar refractivity (Wildman–Crippen MR) is 103 cm³/mol. The van der Waals surface area contributed by atoms with E-state index in [0.717, 1.165) is 10.7 Å². The second kappa shape index (κ2) is 8.79. The van der Waals surface area contributed by atoms with Gasteiger partial charge in [-0.3, -0.25) is 14.9 Å². The molecule has 0 saturated carbocycles. The molecule has 29 heavy (non-hydrogen) atoms. The van der Waals surface area contributed by atoms with Gasteiger partial charge in [-0.1, -0.05) is 18.2 Å². The molecule has 148 valence electrons. The van der Waals surface area contributed by atoms with Crippen LogP contribution in [0.5, 0.6) is 5.75 Å². The summed E-state index contributed by atoms with van der Waals surface area (Å²) in [6, 6.07) is 15.6. The van der Waals surface area contributed by atoms with Crippen LogP contribution >= 0.6 is 0 Å². The summed E-state index contributed by atoms with van der Waals surface area (Å²) in [5, 5.41) is 14.9. The molecule has 0 N–H and O–H groups in total. The number of nitro groups is 1. The van der Waals surface area contributed by atoms with E-state index in [1.54, 1.807) is 37.3 Å². The molecule has 0 radical (unpaired) electrons. The molecule has 0 aliphatic carbocycles. The number of hydrogen-bond acceptors (Lipinski definition) is 7. The lowest BCUT2D eigenvalue weighted by molar-refractivity contribution is -0.384. The molecule has 0 amide bonds. The number of carbonyl (C=O) groups excluding carboxylic acids is 1. The molecular weight excluding hydrogens is 378 g/mol. The molecule has 0 bridgehead atoms. The second-order valence-electron chi connectivity index (χ2n) is 5.88. The second-order valence-corrected chi connectivity index (χ2v) is 5.88. The van der Waals surface area contributed by atoms with E-state index in [1.807, 2.05) is 0 Å². The summed E-state index contributed by atoms with van der Waals surface area (Å²) in [5.41, 5.74) is 0.441. The monoisotopic (exact) mass is 395 g/mol. The summed E-state index contributed by atoms with van der Waals surface area (Å²) in [6.45, 7) is 1.77. The summed E-state index contributed by atoms with van der Waals surface area (Å²) < 4.78 is 11.7. The van der Waals surface area contributed by atoms with Crippen LogP contribution in [0.2, 0.25) is 0 Å². The van der Waals surface area contributed by atoms with E-state index in [0.29, 0.717) is 11.3 Å². The predicted octanol–water partition coefficient (Wildman–Crippen LogP) is 2.90. The van der Waals surface area contributed by atoms with Gasteiger partial charge in [-0.25, -0.2) is 4.79 Å². The molecule has 0 aliphatic heterocycles. The van der Waals surface area contributed by atoms with E-state index < -0.39 is 16.5 Å². The van der Waals surface area contributed by atoms with Gasteiger partial charge in [-0.2, -0.15) is 9.78 Å². The molecule has 0 unspecified atom stereocenters. The topological polar surface area (TPSA) is 114 Å². The highest BCUT2D eigenvalue weighted by Crippen LogP contribution is 2.19. The van der Waals surface area contributed by atoms with E-state index in [9.17, 15) is 19.7 Å². The van der Waals surface area contributed by atoms with Gasteiger partial charge in [0.25, 0.3) is 11.2 Å². The summed E-state index contributed by atoms with van der Waals surface area (Å²) in [6.07, 6.45) is 0. The fourth-order valence-electron chi connectivity index (χ4n) is 2.52. The maximum Gasteiger partial charge on any atom is 0.362 e. The van der Waals surface area contributed by atoms with Crippen LogP contribution in [0.25, 0.3) is 5.69 Å². The van der Waals surface area contributed by atoms with Crippen molar-refractivity contribution in [2.24, 2.45) is 0 Å². The van der Waals surface area contributed by atoms with Crippen molar-refractivity contribution in [2.75, 3.05) is 6.61 Å². The Morgan fingerprint density at radius 1 is 1.14 bits per heavy atom. The van der Waals surface area contributed by atoms with Crippen molar-refractivity contribution in [2.45, 2.75) is 13.5 Å². The Balaban J connectivity index is 1.92. The number of benzene rings is 2. The third-order valence-electron chi connectivity index (χ3n) is 3.91. The largest absolute Gasteiger partial charge is 0.486 e. The van der Waals surface area contributed by atoms with Crippen LogP contribution in [0.4, 0.5) is 5.69 Å². The third-order valence-corrected chi connectivity index (χ3v) is 3.91. The first-order chi connectivity index (χ1) is 14.0. The van der Waals surface area contributed by atoms with Crippen molar-refractivity contribution in [3.8, 4) is 11.4 Å². The van der Waals surface area contributed by atoms with Crippen LogP contribution in [-0.4, -0.2) is 27.3 Å². The van der Waals surface area contributed by atoms with Gasteiger partial charge in [0.1, 0.15) is 6.61 Å². The minimum absolute atomic E-state index is 0.0130. The number of nitro benzene ring substituents is 1. The van der Waals surface area contributed by atoms with Gasteiger partial charge in [0.05, 0.1) is 23.3 Å². The van der Waals surface area contributed by atoms with E-state index in [-0.39, 0.29) is 30.3 Å². The molecule has 2 aromatic carbocycles. The number of aromatic nitrogens is 2. The van der Waals surface area contributed by atoms with Crippen LogP contribution in [0.3, 0.4) is 0 Å². The lowest BCUT2D eigenvalue weighted by Gasteiger charge is -2.12. The smallest absolute Gasteiger partial charge is 0.362 e. The van der Waals surface area contributed by atoms with Crippen molar-refractivity contribution >= 4 is 11.7 Å². The zero-order valence-corrected chi connectivity index (χ0v) is 15.5. The van der Waals surface area contributed by atoms with Gasteiger partial charge in [-0.15, -0.1) is 0 Å². The van der Waals surface area contributed by atoms with Gasteiger partial charge in [0.15, 0.2) is 5.75 Å². The van der Waals surface area contributed by atoms with Gasteiger partial charge in [0, 0.05) is 12.1 Å². The van der Waals surface area contributed by atoms with Gasteiger partial charge >= 0.3 is 5.97 Å². The number of carbonyl (C=O) groups is 1. The fourth-order valence-corrected chi connectivity index (χ4v) is 2.52. The molecule has 9 nitrogen and oxygen atoms in total. The summed E-state index contributed by atoms with van der Waals surface area (Å²) in [5.74, 6) is -0.755. The zero-order valence-electron chi connectivity index (χ0n) is 15.5. The molecule has 0 saturated heterocycles. The van der Waals surface area contributed by atoms with E-state index >= 15 is 0 Å². The van der Waals surface area contributed by atoms with Crippen LogP contribution in [-0.2, 0) is 11.3 Å². The highest BCUT2D eigenvalue weighted by molar-refractivity contribution is 5.90. The SMILES string of the molecule is CCOC(=O)c1nn(-c2ccccc2)c(=O)cc1OCc1ccc([N+](=O)[O-])cc1. The van der Waals surface area contributed by atoms with Crippen LogP contribution < -0.4 is 10.3 Å². The zero-order chi connectivity index (χ0) is 20.8. The first kappa shape index (κ1) is 19.7. The maximum atomic E-state index is 12.5. The number of hydrogen-bond donors (Lipinski definition) is 0. The summed E-state index contributed by atoms with van der Waals surface area (Å²) in [4.78, 5) is 35.1. The highest BCUT2D eigenvalue weighted by Gasteiger charge is 2.20. The van der Waals surface area contributed by atoms with Crippen LogP contribution in [0.15, 0.2) is 65.5 Å². The minimum Gasteiger partial charge on any atom is -0.486 e. The molecule has 0 aliphatic rings. The Hall–Kier alpha value is -4.01. The average Bonchev–Trinajstić information content (AvgIpc) is 2.73. The number of ether oxygens (including phenoxy) is 2. The quantitative estimate of drug-likeness (QED) is 0.343. The molecule has 1 aromatic heterocycles. The highest BCUT2D eigenvalue weighted by atomic mass is 16.6. The number of para-hydroxylation sites is 1. The van der Waals surface area contributed by atoms with E-state index in [4.69, 9.17) is 9.47 Å². The first-order valence-electron chi connectivity index (χ1n) is 8.72. The van der Waals surface area contributed by atoms with Gasteiger partial charge in [-0.05, 0) is 36.8 Å². The Labute approximate surface area is 165 Å². The van der Waals surface area contributed by atoms with Crippen molar-refractivity contribution in [3.05, 3.63) is 92.4 Å². The van der Waals surface area contributed by atoms with Crippen molar-refractivity contribution < 1.29 is 19.2 Å². The Morgan fingerprint density at radius 2 is 1.83 bits per heavy atom. The van der Waals surface area contributed by atoms with Crippen LogP contribution in [0, 0.1) is 10.1 Å². The molecule has 3 rings (SSSR count). The molecule has 0 spiro atoms. The van der Waals surface area contributed by atoms with Crippen molar-refractivity contribution in [1.82, 2.24) is 9.78 Å². The molecule has 3 aromatic rings. The Kier molecular flexibility index (Phi) is 5.98. The molecule has 1 heterocycles. The number of esters is 1. The van der Waals surface area contributed by atoms with Crippen molar-refractivity contribution in [1.29, 1.82) is 0 Å². The Morgan fingerprint density at radius 3 is 2.45 bits per heavy atom. The van der Waals surface area contributed by atoms with E-state index in [1.165, 1.54) is 24.3 Å². The van der Waals surface area contributed by atoms with E-state index in [2.05, 4.69) is 5.10 Å². The maximum absolute atomic E-state index is 12.5. The van der Waals surface area contributed by atoms with Gasteiger partial charge < -0.3 is 9.47 Å². The fraction of sp³-hybridized carbons (Fsp3) is 0.150. The Bertz CT molecular complexity index is 1080. The van der Waals surface area contributed by atoms with Crippen molar-refractivity contribution in [3.63, 3.8) is 0 Å². The first-order valence-corrected chi connectivity index (χ1v) is 8.72.